The molecule has 0 saturated carbocycles. The molecule has 0 saturated heterocycles. The zero-order valence-corrected chi connectivity index (χ0v) is 16.8. The average molecular weight is 378 g/mol. The molecule has 2 atom stereocenters. The van der Waals surface area contributed by atoms with Gasteiger partial charge in [-0.2, -0.15) is 0 Å². The van der Waals surface area contributed by atoms with Crippen LogP contribution in [-0.2, 0) is 30.3 Å². The molecule has 0 heterocycles. The van der Waals surface area contributed by atoms with Gasteiger partial charge in [-0.25, -0.2) is 9.59 Å². The van der Waals surface area contributed by atoms with E-state index in [0.29, 0.717) is 11.1 Å². The predicted octanol–water partition coefficient (Wildman–Crippen LogP) is 5.06. The van der Waals surface area contributed by atoms with E-state index in [1.807, 2.05) is 60.7 Å². The van der Waals surface area contributed by atoms with Crippen molar-refractivity contribution in [3.8, 4) is 0 Å². The fourth-order valence-electron chi connectivity index (χ4n) is 2.92. The highest BCUT2D eigenvalue weighted by atomic mass is 16.6. The lowest BCUT2D eigenvalue weighted by molar-refractivity contribution is -0.209. The lowest BCUT2D eigenvalue weighted by Crippen LogP contribution is -2.51. The zero-order valence-electron chi connectivity index (χ0n) is 16.8. The van der Waals surface area contributed by atoms with Crippen molar-refractivity contribution >= 4 is 11.9 Å². The second-order valence-corrected chi connectivity index (χ2v) is 7.14. The molecule has 2 aromatic rings. The Kier molecular flexibility index (Phi) is 6.24. The van der Waals surface area contributed by atoms with Crippen LogP contribution in [0.4, 0.5) is 0 Å². The Bertz CT molecular complexity index is 810. The number of benzene rings is 2. The lowest BCUT2D eigenvalue weighted by atomic mass is 9.75. The summed E-state index contributed by atoms with van der Waals surface area (Å²) in [7, 11) is 0. The summed E-state index contributed by atoms with van der Waals surface area (Å²) in [5, 5.41) is 0. The molecule has 2 aromatic carbocycles. The Morgan fingerprint density at radius 3 is 1.21 bits per heavy atom. The molecular formula is C24H26O4. The summed E-state index contributed by atoms with van der Waals surface area (Å²) < 4.78 is 11.9. The molecule has 0 N–H and O–H groups in total. The van der Waals surface area contributed by atoms with Crippen molar-refractivity contribution in [2.45, 2.75) is 38.9 Å². The highest BCUT2D eigenvalue weighted by Crippen LogP contribution is 2.47. The SMILES string of the molecule is C=C(C)C(=O)OC(C)(c1ccccc1)C(C)(OC(=O)C(=C)C)c1ccccc1. The molecule has 28 heavy (non-hydrogen) atoms. The molecule has 2 unspecified atom stereocenters. The second kappa shape index (κ2) is 8.26. The van der Waals surface area contributed by atoms with Gasteiger partial charge >= 0.3 is 11.9 Å². The van der Waals surface area contributed by atoms with Gasteiger partial charge in [0.2, 0.25) is 0 Å². The number of carbonyl (C=O) groups excluding carboxylic acids is 2. The largest absolute Gasteiger partial charge is 0.446 e. The smallest absolute Gasteiger partial charge is 0.334 e. The Hall–Kier alpha value is -3.14. The summed E-state index contributed by atoms with van der Waals surface area (Å²) in [6, 6.07) is 18.4. The number of hydrogen-bond donors (Lipinski definition) is 0. The molecule has 0 aromatic heterocycles. The van der Waals surface area contributed by atoms with Crippen molar-refractivity contribution in [1.29, 1.82) is 0 Å². The zero-order chi connectivity index (χ0) is 20.9. The van der Waals surface area contributed by atoms with Crippen LogP contribution in [0.2, 0.25) is 0 Å². The highest BCUT2D eigenvalue weighted by Gasteiger charge is 2.53. The highest BCUT2D eigenvalue weighted by molar-refractivity contribution is 5.88. The minimum absolute atomic E-state index is 0.254. The average Bonchev–Trinajstić information content (AvgIpc) is 2.68. The van der Waals surface area contributed by atoms with Crippen LogP contribution in [-0.4, -0.2) is 11.9 Å². The standard InChI is InChI=1S/C24H26O4/c1-17(2)21(25)27-23(5,19-13-9-7-10-14-19)24(6,28-22(26)18(3)4)20-15-11-8-12-16-20/h7-16H,1,3H2,2,4-6H3. The van der Waals surface area contributed by atoms with Gasteiger partial charge in [-0.3, -0.25) is 0 Å². The summed E-state index contributed by atoms with van der Waals surface area (Å²) in [5.74, 6) is -1.14. The lowest BCUT2D eigenvalue weighted by Gasteiger charge is -2.45. The Morgan fingerprint density at radius 1 is 0.679 bits per heavy atom. The van der Waals surface area contributed by atoms with Gasteiger partial charge < -0.3 is 9.47 Å². The molecule has 0 fully saturated rings. The van der Waals surface area contributed by atoms with Crippen LogP contribution in [0.1, 0.15) is 38.8 Å². The minimum atomic E-state index is -1.32. The molecule has 0 amide bonds. The van der Waals surface area contributed by atoms with Crippen LogP contribution >= 0.6 is 0 Å². The normalized spacial score (nSPS) is 14.9. The van der Waals surface area contributed by atoms with Gasteiger partial charge in [-0.05, 0) is 38.8 Å². The van der Waals surface area contributed by atoms with Crippen molar-refractivity contribution in [2.24, 2.45) is 0 Å². The van der Waals surface area contributed by atoms with Crippen molar-refractivity contribution in [2.75, 3.05) is 0 Å². The third-order valence-corrected chi connectivity index (χ3v) is 4.85. The van der Waals surface area contributed by atoms with E-state index in [2.05, 4.69) is 13.2 Å². The van der Waals surface area contributed by atoms with Gasteiger partial charge in [-0.15, -0.1) is 0 Å². The van der Waals surface area contributed by atoms with E-state index in [1.54, 1.807) is 27.7 Å². The van der Waals surface area contributed by atoms with Crippen LogP contribution in [0.15, 0.2) is 85.0 Å². The van der Waals surface area contributed by atoms with Crippen LogP contribution in [0.5, 0.6) is 0 Å². The Balaban J connectivity index is 2.74. The van der Waals surface area contributed by atoms with E-state index in [0.717, 1.165) is 0 Å². The van der Waals surface area contributed by atoms with Gasteiger partial charge in [0.15, 0.2) is 11.2 Å². The van der Waals surface area contributed by atoms with Crippen LogP contribution in [0, 0.1) is 0 Å². The van der Waals surface area contributed by atoms with Crippen LogP contribution < -0.4 is 0 Å². The molecule has 4 heteroatoms. The first-order chi connectivity index (χ1) is 13.1. The fraction of sp³-hybridized carbons (Fsp3) is 0.250. The molecule has 0 radical (unpaired) electrons. The van der Waals surface area contributed by atoms with Gasteiger partial charge in [0.25, 0.3) is 0 Å². The molecule has 2 rings (SSSR count). The molecule has 0 aliphatic carbocycles. The third-order valence-electron chi connectivity index (χ3n) is 4.85. The topological polar surface area (TPSA) is 52.6 Å². The summed E-state index contributed by atoms with van der Waals surface area (Å²) in [4.78, 5) is 25.1. The number of carbonyl (C=O) groups is 2. The number of rotatable bonds is 7. The fourth-order valence-corrected chi connectivity index (χ4v) is 2.92. The van der Waals surface area contributed by atoms with E-state index in [-0.39, 0.29) is 11.1 Å². The van der Waals surface area contributed by atoms with Crippen molar-refractivity contribution in [3.63, 3.8) is 0 Å². The van der Waals surface area contributed by atoms with E-state index in [9.17, 15) is 9.59 Å². The second-order valence-electron chi connectivity index (χ2n) is 7.14. The first-order valence-electron chi connectivity index (χ1n) is 9.00. The van der Waals surface area contributed by atoms with E-state index in [1.165, 1.54) is 0 Å². The van der Waals surface area contributed by atoms with Gasteiger partial charge in [0.05, 0.1) is 0 Å². The van der Waals surface area contributed by atoms with E-state index >= 15 is 0 Å². The van der Waals surface area contributed by atoms with E-state index in [4.69, 9.17) is 9.47 Å². The molecule has 0 bridgehead atoms. The van der Waals surface area contributed by atoms with Crippen molar-refractivity contribution < 1.29 is 19.1 Å². The summed E-state index contributed by atoms with van der Waals surface area (Å²) >= 11 is 0. The number of ether oxygens (including phenoxy) is 2. The molecule has 0 aliphatic rings. The maximum absolute atomic E-state index is 12.5. The van der Waals surface area contributed by atoms with E-state index < -0.39 is 23.1 Å². The summed E-state index contributed by atoms with van der Waals surface area (Å²) in [6.45, 7) is 14.0. The maximum Gasteiger partial charge on any atom is 0.334 e. The van der Waals surface area contributed by atoms with Crippen LogP contribution in [0.25, 0.3) is 0 Å². The van der Waals surface area contributed by atoms with Gasteiger partial charge in [0, 0.05) is 11.1 Å². The molecule has 146 valence electrons. The first kappa shape index (κ1) is 21.2. The van der Waals surface area contributed by atoms with Crippen LogP contribution in [0.3, 0.4) is 0 Å². The Morgan fingerprint density at radius 2 is 0.964 bits per heavy atom. The van der Waals surface area contributed by atoms with Gasteiger partial charge in [-0.1, -0.05) is 73.8 Å². The summed E-state index contributed by atoms with van der Waals surface area (Å²) in [5.41, 5.74) is -0.767. The quantitative estimate of drug-likeness (QED) is 0.499. The van der Waals surface area contributed by atoms with Crippen molar-refractivity contribution in [1.82, 2.24) is 0 Å². The van der Waals surface area contributed by atoms with Crippen molar-refractivity contribution in [3.05, 3.63) is 96.1 Å². The summed E-state index contributed by atoms with van der Waals surface area (Å²) in [6.07, 6.45) is 0. The third kappa shape index (κ3) is 4.06. The van der Waals surface area contributed by atoms with Gasteiger partial charge in [0.1, 0.15) is 0 Å². The number of esters is 2. The molecular weight excluding hydrogens is 352 g/mol. The predicted molar refractivity (Wildman–Crippen MR) is 109 cm³/mol. The number of hydrogen-bond acceptors (Lipinski definition) is 4. The Labute approximate surface area is 166 Å². The molecule has 0 aliphatic heterocycles. The first-order valence-corrected chi connectivity index (χ1v) is 9.00. The minimum Gasteiger partial charge on any atom is -0.446 e. The monoisotopic (exact) mass is 378 g/mol. The molecule has 0 spiro atoms. The molecule has 4 nitrogen and oxygen atoms in total. The maximum atomic E-state index is 12.5.